The maximum atomic E-state index is 12.9. The molecule has 0 bridgehead atoms. The largest absolute Gasteiger partial charge is 0.495 e. The molecule has 0 saturated heterocycles. The van der Waals surface area contributed by atoms with Crippen molar-refractivity contribution >= 4 is 29.2 Å². The normalized spacial score (nSPS) is 10.9. The SMILES string of the molecule is COc1ccc(Cl)cc1NC(=NCc1cccnc1)NC(=O)c1ccc(OC)c(OC)c1. The number of methoxy groups -OCH3 is 3. The van der Waals surface area contributed by atoms with E-state index in [9.17, 15) is 4.79 Å². The summed E-state index contributed by atoms with van der Waals surface area (Å²) >= 11 is 6.14. The van der Waals surface area contributed by atoms with E-state index in [0.29, 0.717) is 40.1 Å². The maximum Gasteiger partial charge on any atom is 0.258 e. The molecule has 1 aromatic heterocycles. The van der Waals surface area contributed by atoms with Gasteiger partial charge in [-0.15, -0.1) is 0 Å². The number of anilines is 1. The van der Waals surface area contributed by atoms with Crippen molar-refractivity contribution in [3.05, 3.63) is 77.1 Å². The van der Waals surface area contributed by atoms with Crippen molar-refractivity contribution in [1.82, 2.24) is 10.3 Å². The first-order chi connectivity index (χ1) is 15.5. The average molecular weight is 455 g/mol. The second-order valence-electron chi connectivity index (χ2n) is 6.52. The van der Waals surface area contributed by atoms with E-state index < -0.39 is 0 Å². The molecule has 9 heteroatoms. The molecule has 0 fully saturated rings. The number of carbonyl (C=O) groups is 1. The summed E-state index contributed by atoms with van der Waals surface area (Å²) in [5.74, 6) is 1.34. The van der Waals surface area contributed by atoms with E-state index in [-0.39, 0.29) is 11.9 Å². The predicted octanol–water partition coefficient (Wildman–Crippen LogP) is 4.16. The molecule has 1 heterocycles. The Morgan fingerprint density at radius 1 is 1.00 bits per heavy atom. The number of nitrogens with one attached hydrogen (secondary N) is 2. The first-order valence-electron chi connectivity index (χ1n) is 9.61. The maximum absolute atomic E-state index is 12.9. The molecule has 3 rings (SSSR count). The number of ether oxygens (including phenoxy) is 3. The summed E-state index contributed by atoms with van der Waals surface area (Å²) < 4.78 is 15.9. The highest BCUT2D eigenvalue weighted by atomic mass is 35.5. The van der Waals surface area contributed by atoms with Crippen LogP contribution in [0.2, 0.25) is 5.02 Å². The molecule has 2 aromatic carbocycles. The Hall–Kier alpha value is -3.78. The monoisotopic (exact) mass is 454 g/mol. The van der Waals surface area contributed by atoms with E-state index in [1.165, 1.54) is 14.2 Å². The van der Waals surface area contributed by atoms with Gasteiger partial charge in [0.25, 0.3) is 5.91 Å². The molecule has 0 spiro atoms. The minimum Gasteiger partial charge on any atom is -0.495 e. The van der Waals surface area contributed by atoms with E-state index in [2.05, 4.69) is 20.6 Å². The molecule has 3 aromatic rings. The van der Waals surface area contributed by atoms with Gasteiger partial charge >= 0.3 is 0 Å². The Morgan fingerprint density at radius 2 is 1.75 bits per heavy atom. The van der Waals surface area contributed by atoms with Gasteiger partial charge in [-0.1, -0.05) is 17.7 Å². The van der Waals surface area contributed by atoms with Crippen LogP contribution in [0.25, 0.3) is 0 Å². The Bertz CT molecular complexity index is 1110. The third-order valence-corrected chi connectivity index (χ3v) is 4.67. The molecule has 2 N–H and O–H groups in total. The van der Waals surface area contributed by atoms with E-state index in [1.54, 1.807) is 55.9 Å². The summed E-state index contributed by atoms with van der Waals surface area (Å²) in [5.41, 5.74) is 1.80. The fourth-order valence-corrected chi connectivity index (χ4v) is 3.01. The van der Waals surface area contributed by atoms with Crippen molar-refractivity contribution in [2.45, 2.75) is 6.54 Å². The molecule has 8 nitrogen and oxygen atoms in total. The van der Waals surface area contributed by atoms with Crippen LogP contribution in [0.5, 0.6) is 17.2 Å². The van der Waals surface area contributed by atoms with E-state index in [4.69, 9.17) is 25.8 Å². The van der Waals surface area contributed by atoms with Crippen molar-refractivity contribution in [3.63, 3.8) is 0 Å². The van der Waals surface area contributed by atoms with E-state index in [1.807, 2.05) is 12.1 Å². The quantitative estimate of drug-likeness (QED) is 0.411. The van der Waals surface area contributed by atoms with Crippen LogP contribution in [0.3, 0.4) is 0 Å². The van der Waals surface area contributed by atoms with Crippen LogP contribution in [0, 0.1) is 0 Å². The molecule has 0 aliphatic rings. The summed E-state index contributed by atoms with van der Waals surface area (Å²) in [7, 11) is 4.58. The smallest absolute Gasteiger partial charge is 0.258 e. The Labute approximate surface area is 191 Å². The Morgan fingerprint density at radius 3 is 2.44 bits per heavy atom. The minimum atomic E-state index is -0.385. The van der Waals surface area contributed by atoms with Crippen molar-refractivity contribution in [3.8, 4) is 17.2 Å². The topological polar surface area (TPSA) is 94.1 Å². The lowest BCUT2D eigenvalue weighted by atomic mass is 10.2. The molecule has 0 radical (unpaired) electrons. The third kappa shape index (κ3) is 5.89. The number of aromatic nitrogens is 1. The zero-order chi connectivity index (χ0) is 22.9. The first-order valence-corrected chi connectivity index (χ1v) is 9.99. The van der Waals surface area contributed by atoms with Crippen LogP contribution < -0.4 is 24.8 Å². The lowest BCUT2D eigenvalue weighted by Gasteiger charge is -2.15. The van der Waals surface area contributed by atoms with Crippen molar-refractivity contribution < 1.29 is 19.0 Å². The summed E-state index contributed by atoms with van der Waals surface area (Å²) in [6.07, 6.45) is 3.39. The number of amides is 1. The Balaban J connectivity index is 1.88. The van der Waals surface area contributed by atoms with Gasteiger partial charge in [0.05, 0.1) is 33.6 Å². The molecule has 0 aliphatic heterocycles. The number of guanidine groups is 1. The first kappa shape index (κ1) is 22.9. The lowest BCUT2D eigenvalue weighted by Crippen LogP contribution is -2.36. The molecular weight excluding hydrogens is 432 g/mol. The number of nitrogens with zero attached hydrogens (tertiary/aromatic N) is 2. The summed E-state index contributed by atoms with van der Waals surface area (Å²) in [4.78, 5) is 21.6. The summed E-state index contributed by atoms with van der Waals surface area (Å²) in [6, 6.07) is 13.7. The van der Waals surface area contributed by atoms with Gasteiger partial charge in [0.15, 0.2) is 11.5 Å². The predicted molar refractivity (Wildman–Crippen MR) is 124 cm³/mol. The van der Waals surface area contributed by atoms with Crippen molar-refractivity contribution in [2.75, 3.05) is 26.6 Å². The lowest BCUT2D eigenvalue weighted by molar-refractivity contribution is 0.0976. The third-order valence-electron chi connectivity index (χ3n) is 4.43. The molecule has 0 atom stereocenters. The van der Waals surface area contributed by atoms with E-state index >= 15 is 0 Å². The van der Waals surface area contributed by atoms with Gasteiger partial charge in [-0.05, 0) is 48.0 Å². The molecule has 1 amide bonds. The highest BCUT2D eigenvalue weighted by Crippen LogP contribution is 2.29. The molecular formula is C23H23ClN4O4. The number of pyridine rings is 1. The fourth-order valence-electron chi connectivity index (χ4n) is 2.83. The van der Waals surface area contributed by atoms with Gasteiger partial charge in [-0.2, -0.15) is 0 Å². The number of aliphatic imine (C=N–C) groups is 1. The zero-order valence-corrected chi connectivity index (χ0v) is 18.6. The zero-order valence-electron chi connectivity index (χ0n) is 17.9. The number of rotatable bonds is 7. The fraction of sp³-hybridized carbons (Fsp3) is 0.174. The Kier molecular flexibility index (Phi) is 7.88. The minimum absolute atomic E-state index is 0.217. The van der Waals surface area contributed by atoms with Gasteiger partial charge in [0, 0.05) is 23.0 Å². The van der Waals surface area contributed by atoms with Crippen LogP contribution in [0.15, 0.2) is 65.9 Å². The number of hydrogen-bond acceptors (Lipinski definition) is 6. The average Bonchev–Trinajstić information content (AvgIpc) is 2.82. The highest BCUT2D eigenvalue weighted by molar-refractivity contribution is 6.31. The highest BCUT2D eigenvalue weighted by Gasteiger charge is 2.14. The van der Waals surface area contributed by atoms with Crippen LogP contribution >= 0.6 is 11.6 Å². The van der Waals surface area contributed by atoms with Gasteiger partial charge in [-0.25, -0.2) is 4.99 Å². The van der Waals surface area contributed by atoms with Gasteiger partial charge in [-0.3, -0.25) is 15.1 Å². The second kappa shape index (κ2) is 11.0. The number of carbonyl (C=O) groups excluding carboxylic acids is 1. The van der Waals surface area contributed by atoms with Crippen LogP contribution in [0.1, 0.15) is 15.9 Å². The second-order valence-corrected chi connectivity index (χ2v) is 6.96. The summed E-state index contributed by atoms with van der Waals surface area (Å²) in [6.45, 7) is 0.297. The van der Waals surface area contributed by atoms with Crippen molar-refractivity contribution in [2.24, 2.45) is 4.99 Å². The standard InChI is InChI=1S/C23H23ClN4O4/c1-30-19-9-7-17(24)12-18(19)27-23(26-14-15-5-4-10-25-13-15)28-22(29)16-6-8-20(31-2)21(11-16)32-3/h4-13H,14H2,1-3H3,(H2,26,27,28,29). The number of halogens is 1. The molecule has 0 aliphatic carbocycles. The summed E-state index contributed by atoms with van der Waals surface area (Å²) in [5, 5.41) is 6.40. The van der Waals surface area contributed by atoms with Gasteiger partial charge < -0.3 is 19.5 Å². The van der Waals surface area contributed by atoms with Crippen LogP contribution in [-0.2, 0) is 6.54 Å². The molecule has 32 heavy (non-hydrogen) atoms. The molecule has 166 valence electrons. The number of hydrogen-bond donors (Lipinski definition) is 2. The van der Waals surface area contributed by atoms with Gasteiger partial charge in [0.2, 0.25) is 5.96 Å². The van der Waals surface area contributed by atoms with Crippen molar-refractivity contribution in [1.29, 1.82) is 0 Å². The molecule has 0 saturated carbocycles. The number of benzene rings is 2. The van der Waals surface area contributed by atoms with Gasteiger partial charge in [0.1, 0.15) is 5.75 Å². The molecule has 0 unspecified atom stereocenters. The van der Waals surface area contributed by atoms with Crippen LogP contribution in [-0.4, -0.2) is 38.2 Å². The van der Waals surface area contributed by atoms with E-state index in [0.717, 1.165) is 5.56 Å². The van der Waals surface area contributed by atoms with Crippen LogP contribution in [0.4, 0.5) is 5.69 Å².